The first-order valence-electron chi connectivity index (χ1n) is 10.5. The van der Waals surface area contributed by atoms with Crippen LogP contribution >= 0.6 is 0 Å². The van der Waals surface area contributed by atoms with Gasteiger partial charge in [-0.2, -0.15) is 0 Å². The number of para-hydroxylation sites is 1. The molecule has 1 heterocycles. The van der Waals surface area contributed by atoms with E-state index in [1.54, 1.807) is 12.1 Å². The van der Waals surface area contributed by atoms with E-state index in [0.717, 1.165) is 43.0 Å². The van der Waals surface area contributed by atoms with Crippen LogP contribution in [-0.2, 0) is 12.8 Å². The Morgan fingerprint density at radius 2 is 1.87 bits per heavy atom. The fraction of sp³-hybridized carbons (Fsp3) is 0.375. The third kappa shape index (κ3) is 4.70. The van der Waals surface area contributed by atoms with E-state index in [1.807, 2.05) is 38.1 Å². The first kappa shape index (κ1) is 21.6. The van der Waals surface area contributed by atoms with Crippen molar-refractivity contribution in [3.63, 3.8) is 0 Å². The molecule has 0 saturated carbocycles. The summed E-state index contributed by atoms with van der Waals surface area (Å²) >= 11 is 0. The first-order valence-corrected chi connectivity index (χ1v) is 10.5. The standard InChI is InChI=1S/C24H29N2O4/c1-4-7-13-25-14-12-18-16-23(29-5-2)24(30-6-3)17-20(18)22(25)15-19-10-8-9-11-21(19)26(27)28/h4,8-11,16-17H,1,5-7,12-15H2,2-3H3/q+1. The summed E-state index contributed by atoms with van der Waals surface area (Å²) in [6.07, 6.45) is 4.13. The summed E-state index contributed by atoms with van der Waals surface area (Å²) in [6, 6.07) is 11.1. The van der Waals surface area contributed by atoms with Crippen LogP contribution in [0.2, 0.25) is 0 Å². The number of ether oxygens (including phenoxy) is 2. The molecule has 0 atom stereocenters. The highest BCUT2D eigenvalue weighted by molar-refractivity contribution is 6.01. The molecular formula is C24H29N2O4+. The summed E-state index contributed by atoms with van der Waals surface area (Å²) in [7, 11) is 0. The van der Waals surface area contributed by atoms with Gasteiger partial charge in [0.25, 0.3) is 5.69 Å². The van der Waals surface area contributed by atoms with Gasteiger partial charge in [-0.25, -0.2) is 4.58 Å². The minimum atomic E-state index is -0.308. The van der Waals surface area contributed by atoms with Gasteiger partial charge in [-0.3, -0.25) is 10.1 Å². The number of nitro groups is 1. The molecule has 0 radical (unpaired) electrons. The van der Waals surface area contributed by atoms with Gasteiger partial charge in [0.2, 0.25) is 0 Å². The average Bonchev–Trinajstić information content (AvgIpc) is 2.74. The van der Waals surface area contributed by atoms with E-state index in [9.17, 15) is 10.1 Å². The highest BCUT2D eigenvalue weighted by atomic mass is 16.6. The zero-order chi connectivity index (χ0) is 21.5. The van der Waals surface area contributed by atoms with Crippen LogP contribution in [0.4, 0.5) is 5.69 Å². The van der Waals surface area contributed by atoms with Crippen LogP contribution in [0, 0.1) is 10.1 Å². The Kier molecular flexibility index (Phi) is 7.22. The average molecular weight is 410 g/mol. The zero-order valence-electron chi connectivity index (χ0n) is 17.7. The number of hydrogen-bond donors (Lipinski definition) is 0. The minimum Gasteiger partial charge on any atom is -0.490 e. The lowest BCUT2D eigenvalue weighted by atomic mass is 9.91. The van der Waals surface area contributed by atoms with Gasteiger partial charge in [-0.05, 0) is 31.5 Å². The molecule has 30 heavy (non-hydrogen) atoms. The monoisotopic (exact) mass is 409 g/mol. The smallest absolute Gasteiger partial charge is 0.273 e. The van der Waals surface area contributed by atoms with E-state index in [0.29, 0.717) is 30.9 Å². The van der Waals surface area contributed by atoms with Crippen molar-refractivity contribution in [2.75, 3.05) is 26.3 Å². The molecule has 0 aromatic heterocycles. The minimum absolute atomic E-state index is 0.150. The summed E-state index contributed by atoms with van der Waals surface area (Å²) in [5.41, 5.74) is 4.20. The van der Waals surface area contributed by atoms with Crippen molar-refractivity contribution in [1.29, 1.82) is 0 Å². The SMILES string of the molecule is C=CCC[N+]1=C(Cc2ccccc2[N+](=O)[O-])c2cc(OCC)c(OCC)cc2CC1. The molecular weight excluding hydrogens is 380 g/mol. The maximum absolute atomic E-state index is 11.6. The van der Waals surface area contributed by atoms with Gasteiger partial charge in [0.1, 0.15) is 13.1 Å². The lowest BCUT2D eigenvalue weighted by Crippen LogP contribution is -2.32. The molecule has 1 aliphatic rings. The van der Waals surface area contributed by atoms with Crippen LogP contribution in [0.15, 0.2) is 49.1 Å². The Morgan fingerprint density at radius 1 is 1.17 bits per heavy atom. The number of rotatable bonds is 10. The van der Waals surface area contributed by atoms with Crippen LogP contribution in [0.1, 0.15) is 37.0 Å². The molecule has 0 spiro atoms. The normalized spacial score (nSPS) is 13.0. The molecule has 0 amide bonds. The second-order valence-corrected chi connectivity index (χ2v) is 7.15. The van der Waals surface area contributed by atoms with Crippen molar-refractivity contribution in [2.24, 2.45) is 0 Å². The van der Waals surface area contributed by atoms with E-state index >= 15 is 0 Å². The lowest BCUT2D eigenvalue weighted by molar-refractivity contribution is -0.528. The van der Waals surface area contributed by atoms with Gasteiger partial charge >= 0.3 is 0 Å². The second kappa shape index (κ2) is 10.1. The maximum atomic E-state index is 11.6. The van der Waals surface area contributed by atoms with Crippen LogP contribution < -0.4 is 9.47 Å². The first-order chi connectivity index (χ1) is 14.6. The van der Waals surface area contributed by atoms with Gasteiger partial charge in [-0.15, -0.1) is 6.58 Å². The molecule has 0 aliphatic carbocycles. The Morgan fingerprint density at radius 3 is 2.53 bits per heavy atom. The van der Waals surface area contributed by atoms with Crippen molar-refractivity contribution in [1.82, 2.24) is 0 Å². The summed E-state index contributed by atoms with van der Waals surface area (Å²) in [5, 5.41) is 11.6. The molecule has 0 fully saturated rings. The number of hydrogen-bond acceptors (Lipinski definition) is 4. The third-order valence-electron chi connectivity index (χ3n) is 5.26. The molecule has 6 heteroatoms. The van der Waals surface area contributed by atoms with Crippen molar-refractivity contribution in [2.45, 2.75) is 33.1 Å². The highest BCUT2D eigenvalue weighted by Crippen LogP contribution is 2.34. The van der Waals surface area contributed by atoms with E-state index < -0.39 is 0 Å². The molecule has 0 N–H and O–H groups in total. The van der Waals surface area contributed by atoms with E-state index in [1.165, 1.54) is 5.56 Å². The molecule has 2 aromatic carbocycles. The molecule has 0 saturated heterocycles. The largest absolute Gasteiger partial charge is 0.490 e. The third-order valence-corrected chi connectivity index (χ3v) is 5.26. The number of nitrogens with zero attached hydrogens (tertiary/aromatic N) is 2. The van der Waals surface area contributed by atoms with Crippen molar-refractivity contribution >= 4 is 11.4 Å². The molecule has 6 nitrogen and oxygen atoms in total. The van der Waals surface area contributed by atoms with Gasteiger partial charge in [0, 0.05) is 30.0 Å². The van der Waals surface area contributed by atoms with Gasteiger partial charge in [-0.1, -0.05) is 24.3 Å². The lowest BCUT2D eigenvalue weighted by Gasteiger charge is -2.21. The molecule has 0 unspecified atom stereocenters. The van der Waals surface area contributed by atoms with Crippen LogP contribution in [0.25, 0.3) is 0 Å². The summed E-state index contributed by atoms with van der Waals surface area (Å²) in [4.78, 5) is 11.2. The van der Waals surface area contributed by atoms with Crippen LogP contribution in [0.5, 0.6) is 11.5 Å². The molecule has 3 rings (SSSR count). The van der Waals surface area contributed by atoms with Crippen molar-refractivity contribution < 1.29 is 19.0 Å². The highest BCUT2D eigenvalue weighted by Gasteiger charge is 2.29. The fourth-order valence-corrected chi connectivity index (χ4v) is 3.89. The summed E-state index contributed by atoms with van der Waals surface area (Å²) < 4.78 is 14.0. The fourth-order valence-electron chi connectivity index (χ4n) is 3.89. The zero-order valence-corrected chi connectivity index (χ0v) is 17.7. The van der Waals surface area contributed by atoms with Crippen LogP contribution in [0.3, 0.4) is 0 Å². The maximum Gasteiger partial charge on any atom is 0.273 e. The summed E-state index contributed by atoms with van der Waals surface area (Å²) in [5.74, 6) is 1.46. The summed E-state index contributed by atoms with van der Waals surface area (Å²) in [6.45, 7) is 10.5. The Balaban J connectivity index is 2.12. The Hall–Kier alpha value is -3.15. The topological polar surface area (TPSA) is 64.6 Å². The van der Waals surface area contributed by atoms with Gasteiger partial charge in [0.05, 0.1) is 24.6 Å². The number of fused-ring (bicyclic) bond motifs is 1. The van der Waals surface area contributed by atoms with Gasteiger partial charge in [0.15, 0.2) is 17.2 Å². The molecule has 158 valence electrons. The number of nitro benzene ring substituents is 1. The van der Waals surface area contributed by atoms with E-state index in [-0.39, 0.29) is 10.6 Å². The molecule has 1 aliphatic heterocycles. The van der Waals surface area contributed by atoms with Crippen molar-refractivity contribution in [3.05, 3.63) is 75.9 Å². The van der Waals surface area contributed by atoms with E-state index in [4.69, 9.17) is 9.47 Å². The second-order valence-electron chi connectivity index (χ2n) is 7.15. The van der Waals surface area contributed by atoms with Crippen molar-refractivity contribution in [3.8, 4) is 11.5 Å². The van der Waals surface area contributed by atoms with Gasteiger partial charge < -0.3 is 9.47 Å². The van der Waals surface area contributed by atoms with Crippen LogP contribution in [-0.4, -0.2) is 41.5 Å². The Bertz CT molecular complexity index is 966. The predicted octanol–water partition coefficient (Wildman–Crippen LogP) is 4.57. The molecule has 2 aromatic rings. The van der Waals surface area contributed by atoms with E-state index in [2.05, 4.69) is 17.2 Å². The predicted molar refractivity (Wildman–Crippen MR) is 118 cm³/mol. The Labute approximate surface area is 177 Å². The number of benzene rings is 2. The molecule has 0 bridgehead atoms. The quantitative estimate of drug-likeness (QED) is 0.250.